The molecule has 0 radical (unpaired) electrons. The molecule has 252 valence electrons. The highest BCUT2D eigenvalue weighted by atomic mass is 14.7. The van der Waals surface area contributed by atoms with E-state index in [1.165, 1.54) is 66.8 Å². The predicted octanol–water partition coefficient (Wildman–Crippen LogP) is 13.3. The first-order valence-electron chi connectivity index (χ1n) is 18.2. The van der Waals surface area contributed by atoms with Crippen LogP contribution in [0.25, 0.3) is 99.5 Å². The van der Waals surface area contributed by atoms with Gasteiger partial charge in [-0.15, -0.1) is 0 Å². The molecule has 0 aliphatic rings. The van der Waals surface area contributed by atoms with Crippen LogP contribution in [-0.2, 0) is 0 Å². The highest BCUT2D eigenvalue weighted by Crippen LogP contribution is 2.37. The van der Waals surface area contributed by atoms with Gasteiger partial charge in [-0.25, -0.2) is 0 Å². The fraction of sp³-hybridized carbons (Fsp3) is 0. The van der Waals surface area contributed by atoms with E-state index in [1.807, 2.05) is 36.8 Å². The number of pyridine rings is 3. The van der Waals surface area contributed by atoms with Gasteiger partial charge in [0.1, 0.15) is 0 Å². The molecule has 3 aromatic heterocycles. The third-order valence-electron chi connectivity index (χ3n) is 10.5. The van der Waals surface area contributed by atoms with Crippen LogP contribution < -0.4 is 0 Å². The van der Waals surface area contributed by atoms with Gasteiger partial charge in [0.05, 0.1) is 16.6 Å². The molecule has 54 heavy (non-hydrogen) atoms. The van der Waals surface area contributed by atoms with E-state index in [0.29, 0.717) is 0 Å². The summed E-state index contributed by atoms with van der Waals surface area (Å²) in [6.45, 7) is 0. The van der Waals surface area contributed by atoms with Crippen LogP contribution in [0.1, 0.15) is 0 Å². The summed E-state index contributed by atoms with van der Waals surface area (Å²) in [5.41, 5.74) is 17.1. The maximum Gasteiger partial charge on any atom is 0.0708 e. The van der Waals surface area contributed by atoms with E-state index < -0.39 is 0 Å². The van der Waals surface area contributed by atoms with E-state index in [-0.39, 0.29) is 0 Å². The number of fused-ring (bicyclic) bond motifs is 3. The van der Waals surface area contributed by atoms with Gasteiger partial charge in [0, 0.05) is 34.7 Å². The number of hydrogen-bond donors (Lipinski definition) is 0. The molecule has 10 aromatic rings. The minimum atomic E-state index is 1.00. The smallest absolute Gasteiger partial charge is 0.0708 e. The second kappa shape index (κ2) is 13.4. The van der Waals surface area contributed by atoms with Crippen molar-refractivity contribution in [3.05, 3.63) is 201 Å². The van der Waals surface area contributed by atoms with Crippen molar-refractivity contribution >= 4 is 32.7 Å². The Kier molecular flexibility index (Phi) is 7.81. The summed E-state index contributed by atoms with van der Waals surface area (Å²) in [5, 5.41) is 3.47. The van der Waals surface area contributed by atoms with Crippen LogP contribution in [0.2, 0.25) is 0 Å². The molecule has 0 unspecified atom stereocenters. The Morgan fingerprint density at radius 1 is 0.222 bits per heavy atom. The van der Waals surface area contributed by atoms with Crippen LogP contribution in [0.4, 0.5) is 0 Å². The summed E-state index contributed by atoms with van der Waals surface area (Å²) < 4.78 is 0. The van der Waals surface area contributed by atoms with Crippen molar-refractivity contribution < 1.29 is 0 Å². The summed E-state index contributed by atoms with van der Waals surface area (Å²) >= 11 is 0. The lowest BCUT2D eigenvalue weighted by molar-refractivity contribution is 1.41. The molecular weight excluding hydrogens is 655 g/mol. The number of aromatic nitrogens is 3. The minimum Gasteiger partial charge on any atom is -0.256 e. The fourth-order valence-corrected chi connectivity index (χ4v) is 7.70. The quantitative estimate of drug-likeness (QED) is 0.175. The number of nitrogens with zero attached hydrogens (tertiary/aromatic N) is 3. The Labute approximate surface area is 313 Å². The number of rotatable bonds is 6. The van der Waals surface area contributed by atoms with Crippen LogP contribution in [0.15, 0.2) is 201 Å². The zero-order valence-corrected chi connectivity index (χ0v) is 29.4. The van der Waals surface area contributed by atoms with Gasteiger partial charge in [-0.3, -0.25) is 15.0 Å². The molecule has 0 saturated carbocycles. The number of hydrogen-bond acceptors (Lipinski definition) is 3. The van der Waals surface area contributed by atoms with E-state index in [2.05, 4.69) is 179 Å². The standard InChI is InChI=1S/C51H33N3/c1-4-10-49-46(7-1)43(25-28-52-49)37-19-13-34(14-20-37)40-31-41(35-15-21-38(22-16-35)44-26-29-53-50-11-5-2-8-47(44)50)33-42(32-40)36-17-23-39(24-18-36)45-27-30-54-51-12-6-3-9-48(45)51/h1-33H. The zero-order chi connectivity index (χ0) is 35.8. The summed E-state index contributed by atoms with van der Waals surface area (Å²) in [4.78, 5) is 13.7. The van der Waals surface area contributed by atoms with Gasteiger partial charge in [-0.2, -0.15) is 0 Å². The molecule has 10 rings (SSSR count). The normalized spacial score (nSPS) is 11.3. The van der Waals surface area contributed by atoms with Crippen molar-refractivity contribution in [1.29, 1.82) is 0 Å². The number of benzene rings is 7. The highest BCUT2D eigenvalue weighted by molar-refractivity contribution is 5.97. The Hall–Kier alpha value is -7.23. The molecule has 0 saturated heterocycles. The second-order valence-electron chi connectivity index (χ2n) is 13.7. The Balaban J connectivity index is 1.06. The first-order valence-corrected chi connectivity index (χ1v) is 18.2. The van der Waals surface area contributed by atoms with Gasteiger partial charge in [-0.05, 0) is 121 Å². The van der Waals surface area contributed by atoms with Crippen molar-refractivity contribution in [2.75, 3.05) is 0 Å². The average molecular weight is 688 g/mol. The molecule has 0 fully saturated rings. The van der Waals surface area contributed by atoms with Crippen molar-refractivity contribution in [2.24, 2.45) is 0 Å². The van der Waals surface area contributed by atoms with E-state index in [4.69, 9.17) is 0 Å². The molecule has 3 nitrogen and oxygen atoms in total. The summed E-state index contributed by atoms with van der Waals surface area (Å²) in [6, 6.07) is 65.0. The molecule has 7 aromatic carbocycles. The third-order valence-corrected chi connectivity index (χ3v) is 10.5. The first kappa shape index (κ1) is 31.5. The molecule has 0 amide bonds. The van der Waals surface area contributed by atoms with Gasteiger partial charge < -0.3 is 0 Å². The summed E-state index contributed by atoms with van der Waals surface area (Å²) in [6.07, 6.45) is 5.69. The fourth-order valence-electron chi connectivity index (χ4n) is 7.70. The van der Waals surface area contributed by atoms with Crippen LogP contribution in [0, 0.1) is 0 Å². The molecule has 3 heterocycles. The zero-order valence-electron chi connectivity index (χ0n) is 29.4. The highest BCUT2D eigenvalue weighted by Gasteiger charge is 2.12. The molecule has 0 bridgehead atoms. The van der Waals surface area contributed by atoms with Gasteiger partial charge >= 0.3 is 0 Å². The van der Waals surface area contributed by atoms with Crippen molar-refractivity contribution in [3.63, 3.8) is 0 Å². The van der Waals surface area contributed by atoms with Gasteiger partial charge in [0.15, 0.2) is 0 Å². The lowest BCUT2D eigenvalue weighted by Gasteiger charge is -2.14. The Bertz CT molecular complexity index is 2610. The Morgan fingerprint density at radius 2 is 0.481 bits per heavy atom. The third kappa shape index (κ3) is 5.78. The van der Waals surface area contributed by atoms with Crippen LogP contribution in [0.3, 0.4) is 0 Å². The van der Waals surface area contributed by atoms with E-state index >= 15 is 0 Å². The van der Waals surface area contributed by atoms with E-state index in [1.54, 1.807) is 0 Å². The monoisotopic (exact) mass is 687 g/mol. The maximum absolute atomic E-state index is 4.58. The topological polar surface area (TPSA) is 38.7 Å². The predicted molar refractivity (Wildman–Crippen MR) is 225 cm³/mol. The van der Waals surface area contributed by atoms with Crippen LogP contribution in [0.5, 0.6) is 0 Å². The van der Waals surface area contributed by atoms with Crippen LogP contribution in [-0.4, -0.2) is 15.0 Å². The minimum absolute atomic E-state index is 1.00. The average Bonchev–Trinajstić information content (AvgIpc) is 3.26. The van der Waals surface area contributed by atoms with E-state index in [0.717, 1.165) is 32.7 Å². The van der Waals surface area contributed by atoms with Crippen molar-refractivity contribution in [3.8, 4) is 66.8 Å². The maximum atomic E-state index is 4.58. The van der Waals surface area contributed by atoms with Crippen LogP contribution >= 0.6 is 0 Å². The summed E-state index contributed by atoms with van der Waals surface area (Å²) in [7, 11) is 0. The van der Waals surface area contributed by atoms with Crippen molar-refractivity contribution in [2.45, 2.75) is 0 Å². The lowest BCUT2D eigenvalue weighted by Crippen LogP contribution is -1.89. The molecule has 0 aliphatic heterocycles. The van der Waals surface area contributed by atoms with Gasteiger partial charge in [-0.1, -0.05) is 127 Å². The molecule has 0 spiro atoms. The van der Waals surface area contributed by atoms with Gasteiger partial charge in [0.2, 0.25) is 0 Å². The second-order valence-corrected chi connectivity index (χ2v) is 13.7. The molecule has 0 N–H and O–H groups in total. The van der Waals surface area contributed by atoms with Crippen molar-refractivity contribution in [1.82, 2.24) is 15.0 Å². The summed E-state index contributed by atoms with van der Waals surface area (Å²) in [5.74, 6) is 0. The molecule has 3 heteroatoms. The van der Waals surface area contributed by atoms with Gasteiger partial charge in [0.25, 0.3) is 0 Å². The first-order chi connectivity index (χ1) is 26.7. The largest absolute Gasteiger partial charge is 0.256 e. The Morgan fingerprint density at radius 3 is 0.778 bits per heavy atom. The lowest BCUT2D eigenvalue weighted by atomic mass is 9.91. The molecule has 0 aliphatic carbocycles. The SMILES string of the molecule is c1ccc2c(-c3ccc(-c4cc(-c5ccc(-c6ccnc7ccccc67)cc5)cc(-c5ccc(-c6ccnc7ccccc67)cc5)c4)cc3)ccnc2c1. The number of para-hydroxylation sites is 3. The molecular formula is C51H33N3. The molecule has 0 atom stereocenters. The van der Waals surface area contributed by atoms with E-state index in [9.17, 15) is 0 Å².